The smallest absolute Gasteiger partial charge is 0.230 e. The van der Waals surface area contributed by atoms with Crippen LogP contribution < -0.4 is 5.32 Å². The number of aryl methyl sites for hydroxylation is 1. The highest BCUT2D eigenvalue weighted by atomic mass is 35.5. The third-order valence-electron chi connectivity index (χ3n) is 3.34. The molecule has 0 bridgehead atoms. The van der Waals surface area contributed by atoms with Crippen molar-refractivity contribution < 1.29 is 4.79 Å². The molecule has 0 unspecified atom stereocenters. The molecule has 4 nitrogen and oxygen atoms in total. The highest BCUT2D eigenvalue weighted by molar-refractivity contribution is 6.42. The van der Waals surface area contributed by atoms with Gasteiger partial charge >= 0.3 is 0 Å². The van der Waals surface area contributed by atoms with E-state index >= 15 is 0 Å². The topological polar surface area (TPSA) is 46.4 Å². The van der Waals surface area contributed by atoms with Crippen molar-refractivity contribution in [1.29, 1.82) is 0 Å². The van der Waals surface area contributed by atoms with E-state index < -0.39 is 0 Å². The van der Waals surface area contributed by atoms with Crippen molar-refractivity contribution in [3.8, 4) is 0 Å². The number of halogens is 3. The molecule has 0 aliphatic rings. The van der Waals surface area contributed by atoms with Crippen molar-refractivity contribution in [2.24, 2.45) is 0 Å². The number of carbonyl (C=O) groups is 1. The lowest BCUT2D eigenvalue weighted by Crippen LogP contribution is -2.15. The zero-order valence-corrected chi connectivity index (χ0v) is 14.4. The normalized spacial score (nSPS) is 11.0. The first kappa shape index (κ1) is 16.1. The summed E-state index contributed by atoms with van der Waals surface area (Å²) in [5, 5.41) is 3.70. The van der Waals surface area contributed by atoms with Crippen LogP contribution in [0.2, 0.25) is 15.1 Å². The molecule has 0 saturated carbocycles. The van der Waals surface area contributed by atoms with E-state index in [1.165, 1.54) is 12.1 Å². The number of rotatable bonds is 3. The summed E-state index contributed by atoms with van der Waals surface area (Å²) >= 11 is 18.0. The van der Waals surface area contributed by atoms with E-state index in [2.05, 4.69) is 10.3 Å². The molecule has 0 aliphatic carbocycles. The number of nitrogens with one attached hydrogen (secondary N) is 1. The van der Waals surface area contributed by atoms with Gasteiger partial charge in [-0.2, -0.15) is 0 Å². The lowest BCUT2D eigenvalue weighted by Gasteiger charge is -2.09. The van der Waals surface area contributed by atoms with Crippen molar-refractivity contribution in [1.82, 2.24) is 9.38 Å². The van der Waals surface area contributed by atoms with Crippen LogP contribution in [0.3, 0.4) is 0 Å². The Labute approximate surface area is 148 Å². The minimum absolute atomic E-state index is 0.121. The van der Waals surface area contributed by atoms with Crippen LogP contribution in [0.5, 0.6) is 0 Å². The number of hydrogen-bond acceptors (Lipinski definition) is 2. The maximum absolute atomic E-state index is 12.2. The quantitative estimate of drug-likeness (QED) is 0.723. The van der Waals surface area contributed by atoms with Crippen LogP contribution in [0, 0.1) is 6.92 Å². The fourth-order valence-corrected chi connectivity index (χ4v) is 3.21. The van der Waals surface area contributed by atoms with Crippen LogP contribution in [-0.2, 0) is 11.2 Å². The van der Waals surface area contributed by atoms with Gasteiger partial charge in [0.05, 0.1) is 27.8 Å². The molecule has 3 aromatic rings. The zero-order valence-electron chi connectivity index (χ0n) is 12.1. The van der Waals surface area contributed by atoms with Crippen LogP contribution in [0.1, 0.15) is 11.3 Å². The number of nitrogens with zero attached hydrogens (tertiary/aromatic N) is 2. The summed E-state index contributed by atoms with van der Waals surface area (Å²) in [7, 11) is 0. The Bertz CT molecular complexity index is 882. The van der Waals surface area contributed by atoms with E-state index in [0.29, 0.717) is 26.4 Å². The Morgan fingerprint density at radius 1 is 1.26 bits per heavy atom. The third-order valence-corrected chi connectivity index (χ3v) is 4.16. The number of benzene rings is 1. The van der Waals surface area contributed by atoms with Crippen LogP contribution in [0.4, 0.5) is 5.69 Å². The SMILES string of the molecule is Cc1cccn2cc(CC(=O)Nc3c(Cl)cc(Cl)cc3Cl)nc12. The Kier molecular flexibility index (Phi) is 4.48. The van der Waals surface area contributed by atoms with E-state index in [1.807, 2.05) is 35.9 Å². The summed E-state index contributed by atoms with van der Waals surface area (Å²) in [5.74, 6) is -0.253. The van der Waals surface area contributed by atoms with E-state index in [0.717, 1.165) is 11.2 Å². The predicted octanol–water partition coefficient (Wildman–Crippen LogP) is 4.78. The second kappa shape index (κ2) is 6.40. The van der Waals surface area contributed by atoms with Gasteiger partial charge in [-0.15, -0.1) is 0 Å². The summed E-state index contributed by atoms with van der Waals surface area (Å²) in [6.45, 7) is 1.97. The predicted molar refractivity (Wildman–Crippen MR) is 93.7 cm³/mol. The van der Waals surface area contributed by atoms with Gasteiger partial charge in [0.15, 0.2) is 0 Å². The van der Waals surface area contributed by atoms with Gasteiger partial charge in [0, 0.05) is 17.4 Å². The van der Waals surface area contributed by atoms with Crippen molar-refractivity contribution in [2.45, 2.75) is 13.3 Å². The van der Waals surface area contributed by atoms with Crippen molar-refractivity contribution in [3.63, 3.8) is 0 Å². The highest BCUT2D eigenvalue weighted by Crippen LogP contribution is 2.33. The minimum Gasteiger partial charge on any atom is -0.323 e. The summed E-state index contributed by atoms with van der Waals surface area (Å²) in [5.41, 5.74) is 2.89. The number of amides is 1. The van der Waals surface area contributed by atoms with E-state index in [4.69, 9.17) is 34.8 Å². The van der Waals surface area contributed by atoms with Crippen LogP contribution in [-0.4, -0.2) is 15.3 Å². The zero-order chi connectivity index (χ0) is 16.6. The Morgan fingerprint density at radius 2 is 1.96 bits per heavy atom. The first-order valence-corrected chi connectivity index (χ1v) is 7.95. The average Bonchev–Trinajstić information content (AvgIpc) is 2.86. The summed E-state index contributed by atoms with van der Waals surface area (Å²) < 4.78 is 1.89. The fourth-order valence-electron chi connectivity index (χ4n) is 2.30. The number of fused-ring (bicyclic) bond motifs is 1. The number of pyridine rings is 1. The molecule has 23 heavy (non-hydrogen) atoms. The van der Waals surface area contributed by atoms with Crippen molar-refractivity contribution >= 4 is 52.0 Å². The minimum atomic E-state index is -0.253. The van der Waals surface area contributed by atoms with Gasteiger partial charge in [-0.1, -0.05) is 40.9 Å². The van der Waals surface area contributed by atoms with Gasteiger partial charge in [-0.3, -0.25) is 4.79 Å². The standard InChI is InChI=1S/C16H12Cl3N3O/c1-9-3-2-4-22-8-11(20-16(9)22)7-14(23)21-15-12(18)5-10(17)6-13(15)19/h2-6,8H,7H2,1H3,(H,21,23). The van der Waals surface area contributed by atoms with Gasteiger partial charge < -0.3 is 9.72 Å². The molecular weight excluding hydrogens is 357 g/mol. The Hall–Kier alpha value is -1.75. The van der Waals surface area contributed by atoms with E-state index in [9.17, 15) is 4.79 Å². The monoisotopic (exact) mass is 367 g/mol. The molecule has 0 spiro atoms. The van der Waals surface area contributed by atoms with Gasteiger partial charge in [-0.05, 0) is 30.7 Å². The van der Waals surface area contributed by atoms with Gasteiger partial charge in [-0.25, -0.2) is 4.98 Å². The molecule has 118 valence electrons. The molecule has 0 atom stereocenters. The molecule has 1 aromatic carbocycles. The summed E-state index contributed by atoms with van der Waals surface area (Å²) in [4.78, 5) is 16.7. The summed E-state index contributed by atoms with van der Waals surface area (Å²) in [6.07, 6.45) is 3.84. The van der Waals surface area contributed by atoms with Crippen molar-refractivity contribution in [2.75, 3.05) is 5.32 Å². The number of imidazole rings is 1. The molecule has 1 N–H and O–H groups in total. The van der Waals surface area contributed by atoms with Gasteiger partial charge in [0.2, 0.25) is 5.91 Å². The lowest BCUT2D eigenvalue weighted by atomic mass is 10.2. The molecule has 7 heteroatoms. The number of anilines is 1. The highest BCUT2D eigenvalue weighted by Gasteiger charge is 2.13. The summed E-state index contributed by atoms with van der Waals surface area (Å²) in [6, 6.07) is 6.96. The molecule has 3 rings (SSSR count). The maximum atomic E-state index is 12.2. The third kappa shape index (κ3) is 3.44. The van der Waals surface area contributed by atoms with E-state index in [1.54, 1.807) is 0 Å². The fraction of sp³-hybridized carbons (Fsp3) is 0.125. The van der Waals surface area contributed by atoms with Crippen LogP contribution in [0.25, 0.3) is 5.65 Å². The molecule has 2 heterocycles. The number of hydrogen-bond donors (Lipinski definition) is 1. The molecular formula is C16H12Cl3N3O. The molecule has 0 radical (unpaired) electrons. The van der Waals surface area contributed by atoms with Crippen LogP contribution in [0.15, 0.2) is 36.7 Å². The van der Waals surface area contributed by atoms with Crippen molar-refractivity contribution in [3.05, 3.63) is 63.0 Å². The Morgan fingerprint density at radius 3 is 2.61 bits per heavy atom. The van der Waals surface area contributed by atoms with Crippen LogP contribution >= 0.6 is 34.8 Å². The van der Waals surface area contributed by atoms with Gasteiger partial charge in [0.25, 0.3) is 0 Å². The Balaban J connectivity index is 1.80. The molecule has 0 aliphatic heterocycles. The maximum Gasteiger partial charge on any atom is 0.230 e. The second-order valence-corrected chi connectivity index (χ2v) is 6.37. The number of carbonyl (C=O) groups excluding carboxylic acids is 1. The number of aromatic nitrogens is 2. The average molecular weight is 369 g/mol. The van der Waals surface area contributed by atoms with E-state index in [-0.39, 0.29) is 12.3 Å². The van der Waals surface area contributed by atoms with Gasteiger partial charge in [0.1, 0.15) is 5.65 Å². The first-order chi connectivity index (χ1) is 10.9. The first-order valence-electron chi connectivity index (χ1n) is 6.81. The second-order valence-electron chi connectivity index (χ2n) is 5.12. The molecule has 1 amide bonds. The lowest BCUT2D eigenvalue weighted by molar-refractivity contribution is -0.115. The molecule has 0 fully saturated rings. The molecule has 2 aromatic heterocycles. The largest absolute Gasteiger partial charge is 0.323 e. The molecule has 0 saturated heterocycles.